The summed E-state index contributed by atoms with van der Waals surface area (Å²) < 4.78 is 2.14. The van der Waals surface area contributed by atoms with Gasteiger partial charge in [-0.1, -0.05) is 6.42 Å². The normalized spacial score (nSPS) is 14.9. The summed E-state index contributed by atoms with van der Waals surface area (Å²) in [5.74, 6) is 1.91. The molecule has 0 spiro atoms. The van der Waals surface area contributed by atoms with Gasteiger partial charge in [0.05, 0.1) is 6.54 Å². The second kappa shape index (κ2) is 5.65. The summed E-state index contributed by atoms with van der Waals surface area (Å²) >= 11 is 0. The average molecular weight is 237 g/mol. The van der Waals surface area contributed by atoms with E-state index in [1.54, 1.807) is 0 Å². The Morgan fingerprint density at radius 1 is 1.29 bits per heavy atom. The van der Waals surface area contributed by atoms with E-state index in [1.165, 1.54) is 19.3 Å². The number of hydrogen-bond donors (Lipinski definition) is 2. The summed E-state index contributed by atoms with van der Waals surface area (Å²) in [6, 6.07) is -0.154. The average Bonchev–Trinajstić information content (AvgIpc) is 2.56. The van der Waals surface area contributed by atoms with Crippen LogP contribution in [0.15, 0.2) is 0 Å². The minimum Gasteiger partial charge on any atom is -0.338 e. The molecule has 0 aromatic carbocycles. The van der Waals surface area contributed by atoms with Crippen molar-refractivity contribution in [2.45, 2.75) is 45.7 Å². The minimum atomic E-state index is -0.154. The number of carbonyl (C=O) groups excluding carboxylic acids is 1. The quantitative estimate of drug-likeness (QED) is 0.817. The first-order valence-electron chi connectivity index (χ1n) is 6.24. The van der Waals surface area contributed by atoms with Crippen LogP contribution in [0.25, 0.3) is 0 Å². The maximum Gasteiger partial charge on any atom is 0.315 e. The minimum absolute atomic E-state index is 0.154. The number of hydrogen-bond acceptors (Lipinski definition) is 3. The van der Waals surface area contributed by atoms with Crippen molar-refractivity contribution in [1.82, 2.24) is 25.4 Å². The van der Waals surface area contributed by atoms with Crippen LogP contribution in [0.3, 0.4) is 0 Å². The molecule has 2 heterocycles. The van der Waals surface area contributed by atoms with Crippen LogP contribution in [0.5, 0.6) is 0 Å². The first kappa shape index (κ1) is 11.9. The number of carbonyl (C=O) groups is 1. The largest absolute Gasteiger partial charge is 0.338 e. The van der Waals surface area contributed by atoms with Gasteiger partial charge in [0, 0.05) is 19.5 Å². The van der Waals surface area contributed by atoms with E-state index >= 15 is 0 Å². The van der Waals surface area contributed by atoms with Crippen LogP contribution in [0, 0.1) is 0 Å². The Balaban J connectivity index is 1.97. The van der Waals surface area contributed by atoms with Crippen molar-refractivity contribution >= 4 is 6.03 Å². The fourth-order valence-corrected chi connectivity index (χ4v) is 2.06. The van der Waals surface area contributed by atoms with Crippen LogP contribution in [0.4, 0.5) is 4.79 Å². The molecule has 2 N–H and O–H groups in total. The summed E-state index contributed by atoms with van der Waals surface area (Å²) in [6.07, 6.45) is 4.59. The molecule has 17 heavy (non-hydrogen) atoms. The van der Waals surface area contributed by atoms with Gasteiger partial charge in [0.15, 0.2) is 5.82 Å². The van der Waals surface area contributed by atoms with Crippen molar-refractivity contribution in [2.24, 2.45) is 0 Å². The van der Waals surface area contributed by atoms with Gasteiger partial charge in [-0.25, -0.2) is 4.79 Å². The fourth-order valence-electron chi connectivity index (χ4n) is 2.06. The lowest BCUT2D eigenvalue weighted by molar-refractivity contribution is 0.240. The lowest BCUT2D eigenvalue weighted by Crippen LogP contribution is -2.35. The third-order valence-electron chi connectivity index (χ3n) is 2.93. The highest BCUT2D eigenvalue weighted by Crippen LogP contribution is 2.14. The molecular formula is C11H19N5O. The number of nitrogens with one attached hydrogen (secondary N) is 2. The zero-order chi connectivity index (χ0) is 12.1. The van der Waals surface area contributed by atoms with E-state index in [9.17, 15) is 4.79 Å². The SMILES string of the molecule is CCNC(=O)NCc1nnc2n1CCCCC2. The Bertz CT molecular complexity index is 387. The van der Waals surface area contributed by atoms with Crippen LogP contribution >= 0.6 is 0 Å². The second-order valence-electron chi connectivity index (χ2n) is 4.21. The molecule has 2 amide bonds. The molecule has 1 aromatic rings. The van der Waals surface area contributed by atoms with Crippen LogP contribution in [-0.2, 0) is 19.5 Å². The summed E-state index contributed by atoms with van der Waals surface area (Å²) in [5, 5.41) is 13.8. The van der Waals surface area contributed by atoms with Gasteiger partial charge < -0.3 is 15.2 Å². The van der Waals surface area contributed by atoms with Crippen LogP contribution < -0.4 is 10.6 Å². The fraction of sp³-hybridized carbons (Fsp3) is 0.727. The molecule has 1 aliphatic heterocycles. The number of urea groups is 1. The smallest absolute Gasteiger partial charge is 0.315 e. The lowest BCUT2D eigenvalue weighted by Gasteiger charge is -2.08. The predicted molar refractivity (Wildman–Crippen MR) is 63.5 cm³/mol. The monoisotopic (exact) mass is 237 g/mol. The Kier molecular flexibility index (Phi) is 3.95. The highest BCUT2D eigenvalue weighted by molar-refractivity contribution is 5.73. The highest BCUT2D eigenvalue weighted by Gasteiger charge is 2.14. The summed E-state index contributed by atoms with van der Waals surface area (Å²) in [6.45, 7) is 3.93. The molecule has 0 radical (unpaired) electrons. The number of fused-ring (bicyclic) bond motifs is 1. The maximum absolute atomic E-state index is 11.3. The van der Waals surface area contributed by atoms with Crippen LogP contribution in [0.1, 0.15) is 37.8 Å². The van der Waals surface area contributed by atoms with E-state index in [2.05, 4.69) is 25.4 Å². The Hall–Kier alpha value is -1.59. The topological polar surface area (TPSA) is 71.8 Å². The van der Waals surface area contributed by atoms with Crippen molar-refractivity contribution < 1.29 is 4.79 Å². The van der Waals surface area contributed by atoms with Gasteiger partial charge in [-0.15, -0.1) is 10.2 Å². The number of aryl methyl sites for hydroxylation is 1. The number of aromatic nitrogens is 3. The molecule has 0 fully saturated rings. The third kappa shape index (κ3) is 2.95. The van der Waals surface area contributed by atoms with Gasteiger partial charge in [0.2, 0.25) is 0 Å². The van der Waals surface area contributed by atoms with Gasteiger partial charge in [0.1, 0.15) is 5.82 Å². The molecule has 1 aliphatic rings. The zero-order valence-electron chi connectivity index (χ0n) is 10.2. The molecule has 6 nitrogen and oxygen atoms in total. The van der Waals surface area contributed by atoms with E-state index in [1.807, 2.05) is 6.92 Å². The Morgan fingerprint density at radius 2 is 2.18 bits per heavy atom. The number of nitrogens with zero attached hydrogens (tertiary/aromatic N) is 3. The molecule has 0 unspecified atom stereocenters. The molecular weight excluding hydrogens is 218 g/mol. The third-order valence-corrected chi connectivity index (χ3v) is 2.93. The summed E-state index contributed by atoms with van der Waals surface area (Å²) in [4.78, 5) is 11.3. The van der Waals surface area contributed by atoms with Gasteiger partial charge in [-0.05, 0) is 19.8 Å². The maximum atomic E-state index is 11.3. The molecule has 0 atom stereocenters. The van der Waals surface area contributed by atoms with Gasteiger partial charge >= 0.3 is 6.03 Å². The molecule has 2 rings (SSSR count). The summed E-state index contributed by atoms with van der Waals surface area (Å²) in [5.41, 5.74) is 0. The first-order valence-corrected chi connectivity index (χ1v) is 6.24. The Labute approximate surface area is 101 Å². The molecule has 6 heteroatoms. The van der Waals surface area contributed by atoms with Crippen molar-refractivity contribution in [3.8, 4) is 0 Å². The van der Waals surface area contributed by atoms with Crippen molar-refractivity contribution in [3.63, 3.8) is 0 Å². The predicted octanol–water partition coefficient (Wildman–Crippen LogP) is 0.824. The Morgan fingerprint density at radius 3 is 3.00 bits per heavy atom. The summed E-state index contributed by atoms with van der Waals surface area (Å²) in [7, 11) is 0. The van der Waals surface area contributed by atoms with Crippen LogP contribution in [-0.4, -0.2) is 27.3 Å². The zero-order valence-corrected chi connectivity index (χ0v) is 10.2. The molecule has 0 bridgehead atoms. The van der Waals surface area contributed by atoms with E-state index in [-0.39, 0.29) is 6.03 Å². The molecule has 1 aromatic heterocycles. The van der Waals surface area contributed by atoms with Crippen molar-refractivity contribution in [1.29, 1.82) is 0 Å². The second-order valence-corrected chi connectivity index (χ2v) is 4.21. The van der Waals surface area contributed by atoms with E-state index in [0.29, 0.717) is 13.1 Å². The van der Waals surface area contributed by atoms with Crippen molar-refractivity contribution in [2.75, 3.05) is 6.54 Å². The van der Waals surface area contributed by atoms with Gasteiger partial charge in [-0.2, -0.15) is 0 Å². The van der Waals surface area contributed by atoms with Crippen molar-refractivity contribution in [3.05, 3.63) is 11.6 Å². The van der Waals surface area contributed by atoms with E-state index < -0.39 is 0 Å². The number of rotatable bonds is 3. The van der Waals surface area contributed by atoms with E-state index in [4.69, 9.17) is 0 Å². The van der Waals surface area contributed by atoms with E-state index in [0.717, 1.165) is 24.6 Å². The first-order chi connectivity index (χ1) is 8.31. The standard InChI is InChI=1S/C11H19N5O/c1-2-12-11(17)13-8-10-15-14-9-6-4-3-5-7-16(9)10/h2-8H2,1H3,(H2,12,13,17). The van der Waals surface area contributed by atoms with Gasteiger partial charge in [0.25, 0.3) is 0 Å². The van der Waals surface area contributed by atoms with Crippen LogP contribution in [0.2, 0.25) is 0 Å². The molecule has 0 saturated heterocycles. The molecule has 0 saturated carbocycles. The molecule has 0 aliphatic carbocycles. The highest BCUT2D eigenvalue weighted by atomic mass is 16.2. The number of amides is 2. The lowest BCUT2D eigenvalue weighted by atomic mass is 10.2. The molecule has 94 valence electrons. The van der Waals surface area contributed by atoms with Gasteiger partial charge in [-0.3, -0.25) is 0 Å².